The minimum absolute atomic E-state index is 0. The Bertz CT molecular complexity index is 1260. The number of imidazole rings is 1. The van der Waals surface area contributed by atoms with E-state index in [9.17, 15) is 0 Å². The number of aromatic nitrogens is 2. The summed E-state index contributed by atoms with van der Waals surface area (Å²) < 4.78 is 12.7. The lowest BCUT2D eigenvalue weighted by atomic mass is 10.1. The second-order valence-electron chi connectivity index (χ2n) is 8.61. The molecule has 0 amide bonds. The molecule has 0 aliphatic carbocycles. The molecule has 0 radical (unpaired) electrons. The lowest BCUT2D eigenvalue weighted by molar-refractivity contribution is 0.0681. The van der Waals surface area contributed by atoms with Gasteiger partial charge in [0.2, 0.25) is 0 Å². The average Bonchev–Trinajstić information content (AvgIpc) is 3.35. The van der Waals surface area contributed by atoms with Crippen LogP contribution in [0.3, 0.4) is 0 Å². The van der Waals surface area contributed by atoms with E-state index in [-0.39, 0.29) is 37.2 Å². The van der Waals surface area contributed by atoms with Crippen molar-refractivity contribution in [2.45, 2.75) is 0 Å². The number of fused-ring (bicyclic) bond motifs is 1. The van der Waals surface area contributed by atoms with Gasteiger partial charge in [-0.2, -0.15) is 0 Å². The van der Waals surface area contributed by atoms with Gasteiger partial charge in [0.25, 0.3) is 0 Å². The predicted molar refractivity (Wildman–Crippen MR) is 161 cm³/mol. The number of rotatable bonds is 5. The second kappa shape index (κ2) is 14.9. The van der Waals surface area contributed by atoms with Crippen molar-refractivity contribution >= 4 is 66.7 Å². The molecule has 8 nitrogen and oxygen atoms in total. The third kappa shape index (κ3) is 7.82. The van der Waals surface area contributed by atoms with Crippen molar-refractivity contribution < 1.29 is 9.47 Å². The molecular formula is C27H33Cl3N6O2. The number of pyridine rings is 1. The number of amidine groups is 2. The minimum atomic E-state index is 0. The molecular weight excluding hydrogens is 547 g/mol. The van der Waals surface area contributed by atoms with Gasteiger partial charge in [0, 0.05) is 44.1 Å². The van der Waals surface area contributed by atoms with Crippen LogP contribution in [-0.4, -0.2) is 83.5 Å². The lowest BCUT2D eigenvalue weighted by Crippen LogP contribution is -2.39. The number of hydrogen-bond donors (Lipinski definition) is 2. The van der Waals surface area contributed by atoms with Gasteiger partial charge in [0.1, 0.15) is 17.3 Å². The van der Waals surface area contributed by atoms with Crippen molar-refractivity contribution in [3.05, 3.63) is 72.1 Å². The zero-order chi connectivity index (χ0) is 24.0. The van der Waals surface area contributed by atoms with Crippen molar-refractivity contribution in [3.63, 3.8) is 0 Å². The average molecular weight is 580 g/mol. The molecule has 1 aromatic carbocycles. The Morgan fingerprint density at radius 1 is 0.684 bits per heavy atom. The van der Waals surface area contributed by atoms with E-state index in [2.05, 4.69) is 12.1 Å². The molecule has 2 aliphatic rings. The van der Waals surface area contributed by atoms with Crippen LogP contribution in [0.4, 0.5) is 0 Å². The molecule has 2 N–H and O–H groups in total. The molecule has 5 rings (SSSR count). The lowest BCUT2D eigenvalue weighted by Gasteiger charge is -2.27. The molecule has 38 heavy (non-hydrogen) atoms. The fourth-order valence-corrected chi connectivity index (χ4v) is 4.18. The summed E-state index contributed by atoms with van der Waals surface area (Å²) in [5.41, 5.74) is 4.89. The summed E-state index contributed by atoms with van der Waals surface area (Å²) in [4.78, 5) is 8.82. The van der Waals surface area contributed by atoms with Gasteiger partial charge in [-0.1, -0.05) is 30.3 Å². The summed E-state index contributed by atoms with van der Waals surface area (Å²) in [6.45, 7) is 5.77. The maximum absolute atomic E-state index is 8.28. The van der Waals surface area contributed by atoms with Crippen molar-refractivity contribution in [1.29, 1.82) is 10.8 Å². The predicted octanol–water partition coefficient (Wildman–Crippen LogP) is 4.91. The van der Waals surface area contributed by atoms with Gasteiger partial charge < -0.3 is 23.7 Å². The van der Waals surface area contributed by atoms with Crippen molar-refractivity contribution in [3.8, 4) is 11.3 Å². The largest absolute Gasteiger partial charge is 0.378 e. The van der Waals surface area contributed by atoms with E-state index >= 15 is 0 Å². The highest BCUT2D eigenvalue weighted by atomic mass is 35.5. The highest BCUT2D eigenvalue weighted by Gasteiger charge is 2.12. The number of hydrogen-bond acceptors (Lipinski definition) is 5. The van der Waals surface area contributed by atoms with Crippen LogP contribution in [0.1, 0.15) is 11.1 Å². The third-order valence-corrected chi connectivity index (χ3v) is 6.25. The van der Waals surface area contributed by atoms with Crippen LogP contribution >= 0.6 is 37.2 Å². The summed E-state index contributed by atoms with van der Waals surface area (Å²) in [7, 11) is 0. The first-order chi connectivity index (χ1) is 17.2. The number of ether oxygens (including phenoxy) is 2. The zero-order valence-corrected chi connectivity index (χ0v) is 23.4. The molecule has 0 atom stereocenters. The molecule has 3 aromatic rings. The summed E-state index contributed by atoms with van der Waals surface area (Å²) in [6, 6.07) is 12.2. The Balaban J connectivity index is 0.00000169. The summed E-state index contributed by atoms with van der Waals surface area (Å²) in [5, 5.41) is 16.5. The van der Waals surface area contributed by atoms with Gasteiger partial charge >= 0.3 is 0 Å². The van der Waals surface area contributed by atoms with Crippen LogP contribution in [0.15, 0.2) is 60.9 Å². The van der Waals surface area contributed by atoms with Gasteiger partial charge in [0.05, 0.1) is 32.1 Å². The highest BCUT2D eigenvalue weighted by Crippen LogP contribution is 2.21. The van der Waals surface area contributed by atoms with E-state index in [0.717, 1.165) is 54.2 Å². The molecule has 204 valence electrons. The second-order valence-corrected chi connectivity index (χ2v) is 8.61. The van der Waals surface area contributed by atoms with Gasteiger partial charge in [0.15, 0.2) is 0 Å². The van der Waals surface area contributed by atoms with E-state index in [4.69, 9.17) is 25.3 Å². The van der Waals surface area contributed by atoms with Crippen molar-refractivity contribution in [1.82, 2.24) is 19.2 Å². The molecule has 2 aromatic heterocycles. The van der Waals surface area contributed by atoms with E-state index in [1.807, 2.05) is 75.2 Å². The molecule has 11 heteroatoms. The Morgan fingerprint density at radius 2 is 1.18 bits per heavy atom. The van der Waals surface area contributed by atoms with Crippen LogP contribution < -0.4 is 0 Å². The van der Waals surface area contributed by atoms with E-state index < -0.39 is 0 Å². The molecule has 0 unspecified atom stereocenters. The molecule has 0 bridgehead atoms. The molecule has 2 fully saturated rings. The van der Waals surface area contributed by atoms with Crippen LogP contribution in [0.25, 0.3) is 29.1 Å². The first kappa shape index (κ1) is 31.3. The van der Waals surface area contributed by atoms with Crippen LogP contribution in [0, 0.1) is 10.8 Å². The molecule has 4 heterocycles. The van der Waals surface area contributed by atoms with E-state index in [1.54, 1.807) is 0 Å². The third-order valence-electron chi connectivity index (χ3n) is 6.25. The summed E-state index contributed by atoms with van der Waals surface area (Å²) >= 11 is 0. The molecule has 2 aliphatic heterocycles. The van der Waals surface area contributed by atoms with Gasteiger partial charge in [-0.3, -0.25) is 10.8 Å². The smallest absolute Gasteiger partial charge is 0.137 e. The van der Waals surface area contributed by atoms with Crippen molar-refractivity contribution in [2.75, 3.05) is 52.6 Å². The van der Waals surface area contributed by atoms with Gasteiger partial charge in [-0.15, -0.1) is 37.2 Å². The van der Waals surface area contributed by atoms with E-state index in [0.29, 0.717) is 38.1 Å². The SMILES string of the molecule is Cl.Cl.Cl.N=C(/C=C/c1ccc(-c2cn3cc(/C=C/C(=N)N4CCOCC4)ccc3n2)cc1)N1CCOCC1. The first-order valence-electron chi connectivity index (χ1n) is 11.9. The Kier molecular flexibility index (Phi) is 12.3. The normalized spacial score (nSPS) is 15.7. The minimum Gasteiger partial charge on any atom is -0.378 e. The maximum atomic E-state index is 8.28. The quantitative estimate of drug-likeness (QED) is 0.331. The maximum Gasteiger partial charge on any atom is 0.137 e. The number of nitrogens with one attached hydrogen (secondary N) is 2. The van der Waals surface area contributed by atoms with Crippen LogP contribution in [-0.2, 0) is 9.47 Å². The summed E-state index contributed by atoms with van der Waals surface area (Å²) in [5.74, 6) is 1.02. The van der Waals surface area contributed by atoms with Crippen LogP contribution in [0.5, 0.6) is 0 Å². The number of morpholine rings is 2. The fraction of sp³-hybridized carbons (Fsp3) is 0.296. The Hall–Kier alpha value is -2.88. The Labute approximate surface area is 241 Å². The molecule has 0 spiro atoms. The van der Waals surface area contributed by atoms with Crippen LogP contribution in [0.2, 0.25) is 0 Å². The summed E-state index contributed by atoms with van der Waals surface area (Å²) in [6.07, 6.45) is 11.7. The van der Waals surface area contributed by atoms with Crippen molar-refractivity contribution in [2.24, 2.45) is 0 Å². The highest BCUT2D eigenvalue weighted by molar-refractivity contribution is 5.94. The zero-order valence-electron chi connectivity index (χ0n) is 20.9. The standard InChI is InChI=1S/C27H30N6O2.3ClH/c28-25(31-11-15-34-16-12-31)8-3-21-1-6-23(7-2-21)24-20-33-19-22(5-10-27(33)30-24)4-9-26(29)32-13-17-35-18-14-32;;;/h1-10,19-20,28-29H,11-18H2;3*1H/b8-3+,9-4+,28-25?,29-26?;;;. The monoisotopic (exact) mass is 578 g/mol. The number of nitrogens with zero attached hydrogens (tertiary/aromatic N) is 4. The Morgan fingerprint density at radius 3 is 1.74 bits per heavy atom. The first-order valence-corrected chi connectivity index (χ1v) is 11.9. The van der Waals surface area contributed by atoms with Gasteiger partial charge in [-0.05, 0) is 41.5 Å². The fourth-order valence-electron chi connectivity index (χ4n) is 4.18. The number of halogens is 3. The van der Waals surface area contributed by atoms with Gasteiger partial charge in [-0.25, -0.2) is 4.98 Å². The van der Waals surface area contributed by atoms with E-state index in [1.165, 1.54) is 0 Å². The molecule has 0 saturated carbocycles. The molecule has 2 saturated heterocycles. The topological polar surface area (TPSA) is 89.9 Å². The number of benzene rings is 1.